The third kappa shape index (κ3) is 4.66. The Morgan fingerprint density at radius 1 is 1.24 bits per heavy atom. The van der Waals surface area contributed by atoms with Crippen LogP contribution in [0.4, 0.5) is 0 Å². The fourth-order valence-electron chi connectivity index (χ4n) is 3.56. The molecule has 2 rings (SSSR count). The summed E-state index contributed by atoms with van der Waals surface area (Å²) in [6.45, 7) is 4.02. The molecule has 2 aliphatic rings. The minimum atomic E-state index is -1.43. The summed E-state index contributed by atoms with van der Waals surface area (Å²) in [5.74, 6) is -0.314. The molecule has 5 heteroatoms. The Morgan fingerprint density at radius 2 is 1.86 bits per heavy atom. The van der Waals surface area contributed by atoms with Crippen LogP contribution in [0.15, 0.2) is 0 Å². The Labute approximate surface area is 128 Å². The van der Waals surface area contributed by atoms with Crippen molar-refractivity contribution in [1.82, 2.24) is 10.2 Å². The van der Waals surface area contributed by atoms with E-state index in [1.807, 2.05) is 0 Å². The summed E-state index contributed by atoms with van der Waals surface area (Å²) in [6, 6.07) is 0.889. The monoisotopic (exact) mass is 298 g/mol. The highest BCUT2D eigenvalue weighted by molar-refractivity contribution is 5.84. The molecule has 1 aliphatic carbocycles. The van der Waals surface area contributed by atoms with Gasteiger partial charge in [-0.3, -0.25) is 4.79 Å². The number of nitrogens with one attached hydrogen (secondary N) is 1. The minimum Gasteiger partial charge on any atom is -0.381 e. The highest BCUT2D eigenvalue weighted by Crippen LogP contribution is 2.26. The van der Waals surface area contributed by atoms with Crippen molar-refractivity contribution in [1.29, 1.82) is 0 Å². The van der Waals surface area contributed by atoms with Gasteiger partial charge in [-0.2, -0.15) is 0 Å². The largest absolute Gasteiger partial charge is 0.381 e. The molecule has 122 valence electrons. The van der Waals surface area contributed by atoms with Crippen LogP contribution in [-0.4, -0.2) is 60.4 Å². The van der Waals surface area contributed by atoms with Gasteiger partial charge in [-0.25, -0.2) is 0 Å². The van der Waals surface area contributed by atoms with Crippen LogP contribution >= 0.6 is 0 Å². The Hall–Kier alpha value is -0.650. The number of piperidine rings is 1. The number of methoxy groups -OCH3 is 1. The van der Waals surface area contributed by atoms with Crippen LogP contribution in [0.1, 0.15) is 51.9 Å². The van der Waals surface area contributed by atoms with E-state index in [-0.39, 0.29) is 18.6 Å². The quantitative estimate of drug-likeness (QED) is 0.803. The maximum Gasteiger partial charge on any atom is 0.254 e. The number of ether oxygens (including phenoxy) is 1. The number of aliphatic hydroxyl groups is 1. The predicted octanol–water partition coefficient (Wildman–Crippen LogP) is 1.30. The zero-order valence-electron chi connectivity index (χ0n) is 13.4. The van der Waals surface area contributed by atoms with E-state index in [2.05, 4.69) is 10.2 Å². The first-order chi connectivity index (χ1) is 10.0. The molecule has 0 radical (unpaired) electrons. The first kappa shape index (κ1) is 16.7. The molecular weight excluding hydrogens is 268 g/mol. The van der Waals surface area contributed by atoms with Crippen molar-refractivity contribution in [2.75, 3.05) is 26.8 Å². The fourth-order valence-corrected chi connectivity index (χ4v) is 3.56. The van der Waals surface area contributed by atoms with E-state index in [0.29, 0.717) is 6.04 Å². The maximum atomic E-state index is 12.1. The van der Waals surface area contributed by atoms with Crippen molar-refractivity contribution < 1.29 is 14.6 Å². The van der Waals surface area contributed by atoms with Gasteiger partial charge < -0.3 is 20.1 Å². The lowest BCUT2D eigenvalue weighted by molar-refractivity contribution is -0.144. The number of hydrogen-bond acceptors (Lipinski definition) is 4. The number of rotatable bonds is 5. The van der Waals surface area contributed by atoms with Gasteiger partial charge in [0.05, 0.1) is 6.61 Å². The van der Waals surface area contributed by atoms with Crippen LogP contribution in [0.2, 0.25) is 0 Å². The molecule has 0 aromatic rings. The second-order valence-electron chi connectivity index (χ2n) is 6.78. The number of likely N-dealkylation sites (tertiary alicyclic amines) is 1. The Balaban J connectivity index is 1.74. The van der Waals surface area contributed by atoms with E-state index in [1.165, 1.54) is 46.4 Å². The predicted molar refractivity (Wildman–Crippen MR) is 82.1 cm³/mol. The minimum absolute atomic E-state index is 0.0297. The van der Waals surface area contributed by atoms with Gasteiger partial charge >= 0.3 is 0 Å². The van der Waals surface area contributed by atoms with Gasteiger partial charge in [-0.1, -0.05) is 6.42 Å². The van der Waals surface area contributed by atoms with Crippen molar-refractivity contribution in [2.24, 2.45) is 0 Å². The summed E-state index contributed by atoms with van der Waals surface area (Å²) in [5.41, 5.74) is -1.43. The molecule has 0 bridgehead atoms. The molecule has 2 N–H and O–H groups in total. The SMILES string of the molecule is COC[C@](C)(O)C(=O)NC1CCC(N2CCCCC2)CC1. The van der Waals surface area contributed by atoms with Crippen LogP contribution in [-0.2, 0) is 9.53 Å². The van der Waals surface area contributed by atoms with Crippen molar-refractivity contribution >= 4 is 5.91 Å². The highest BCUT2D eigenvalue weighted by Gasteiger charge is 2.33. The molecule has 1 saturated carbocycles. The molecule has 0 aromatic heterocycles. The smallest absolute Gasteiger partial charge is 0.254 e. The van der Waals surface area contributed by atoms with E-state index in [0.717, 1.165) is 25.7 Å². The Kier molecular flexibility index (Phi) is 6.02. The fraction of sp³-hybridized carbons (Fsp3) is 0.938. The van der Waals surface area contributed by atoms with Crippen molar-refractivity contribution in [3.05, 3.63) is 0 Å². The standard InChI is InChI=1S/C16H30N2O3/c1-16(20,12-21-2)15(19)17-13-6-8-14(9-7-13)18-10-4-3-5-11-18/h13-14,20H,3-12H2,1-2H3,(H,17,19)/t13?,14?,16-/m0/s1. The van der Waals surface area contributed by atoms with Crippen LogP contribution in [0.25, 0.3) is 0 Å². The van der Waals surface area contributed by atoms with E-state index >= 15 is 0 Å². The molecule has 5 nitrogen and oxygen atoms in total. The van der Waals surface area contributed by atoms with E-state index in [9.17, 15) is 9.90 Å². The van der Waals surface area contributed by atoms with Gasteiger partial charge in [0, 0.05) is 19.2 Å². The number of carbonyl (C=O) groups excluding carboxylic acids is 1. The Bertz CT molecular complexity index is 332. The summed E-state index contributed by atoms with van der Waals surface area (Å²) >= 11 is 0. The second kappa shape index (κ2) is 7.56. The average Bonchev–Trinajstić information content (AvgIpc) is 2.49. The van der Waals surface area contributed by atoms with Crippen LogP contribution < -0.4 is 5.32 Å². The summed E-state index contributed by atoms with van der Waals surface area (Å²) in [4.78, 5) is 14.7. The van der Waals surface area contributed by atoms with Crippen molar-refractivity contribution in [3.8, 4) is 0 Å². The molecule has 1 atom stereocenters. The molecule has 21 heavy (non-hydrogen) atoms. The summed E-state index contributed by atoms with van der Waals surface area (Å²) < 4.78 is 4.90. The van der Waals surface area contributed by atoms with Gasteiger partial charge in [-0.05, 0) is 58.5 Å². The van der Waals surface area contributed by atoms with Crippen LogP contribution in [0.5, 0.6) is 0 Å². The van der Waals surface area contributed by atoms with Crippen molar-refractivity contribution in [2.45, 2.75) is 69.6 Å². The first-order valence-corrected chi connectivity index (χ1v) is 8.29. The van der Waals surface area contributed by atoms with Crippen LogP contribution in [0.3, 0.4) is 0 Å². The third-order valence-electron chi connectivity index (χ3n) is 4.85. The Morgan fingerprint density at radius 3 is 2.43 bits per heavy atom. The normalized spacial score (nSPS) is 30.6. The van der Waals surface area contributed by atoms with Gasteiger partial charge in [0.1, 0.15) is 0 Å². The lowest BCUT2D eigenvalue weighted by atomic mass is 9.88. The molecule has 2 fully saturated rings. The van der Waals surface area contributed by atoms with Gasteiger partial charge in [0.2, 0.25) is 0 Å². The zero-order valence-corrected chi connectivity index (χ0v) is 13.4. The van der Waals surface area contributed by atoms with Gasteiger partial charge in [0.15, 0.2) is 5.60 Å². The molecular formula is C16H30N2O3. The molecule has 0 unspecified atom stereocenters. The first-order valence-electron chi connectivity index (χ1n) is 8.29. The zero-order chi connectivity index (χ0) is 15.3. The molecule has 1 aliphatic heterocycles. The second-order valence-corrected chi connectivity index (χ2v) is 6.78. The molecule has 1 saturated heterocycles. The molecule has 1 heterocycles. The van der Waals surface area contributed by atoms with Crippen molar-refractivity contribution in [3.63, 3.8) is 0 Å². The number of nitrogens with zero attached hydrogens (tertiary/aromatic N) is 1. The molecule has 0 aromatic carbocycles. The summed E-state index contributed by atoms with van der Waals surface area (Å²) in [7, 11) is 1.49. The maximum absolute atomic E-state index is 12.1. The van der Waals surface area contributed by atoms with Gasteiger partial charge in [-0.15, -0.1) is 0 Å². The summed E-state index contributed by atoms with van der Waals surface area (Å²) in [6.07, 6.45) is 8.35. The van der Waals surface area contributed by atoms with E-state index in [1.54, 1.807) is 0 Å². The highest BCUT2D eigenvalue weighted by atomic mass is 16.5. The number of carbonyl (C=O) groups is 1. The topological polar surface area (TPSA) is 61.8 Å². The van der Waals surface area contributed by atoms with E-state index in [4.69, 9.17) is 4.74 Å². The van der Waals surface area contributed by atoms with Crippen LogP contribution in [0, 0.1) is 0 Å². The average molecular weight is 298 g/mol. The number of amides is 1. The molecule has 0 spiro atoms. The number of hydrogen-bond donors (Lipinski definition) is 2. The lowest BCUT2D eigenvalue weighted by Gasteiger charge is -2.39. The third-order valence-corrected chi connectivity index (χ3v) is 4.85. The van der Waals surface area contributed by atoms with Gasteiger partial charge in [0.25, 0.3) is 5.91 Å². The summed E-state index contributed by atoms with van der Waals surface area (Å²) in [5, 5.41) is 13.0. The van der Waals surface area contributed by atoms with E-state index < -0.39 is 5.60 Å². The lowest BCUT2D eigenvalue weighted by Crippen LogP contribution is -2.52. The molecule has 1 amide bonds.